The highest BCUT2D eigenvalue weighted by atomic mass is 35.5. The van der Waals surface area contributed by atoms with Gasteiger partial charge in [-0.25, -0.2) is 4.98 Å². The largest absolute Gasteiger partial charge is 0.285 e. The summed E-state index contributed by atoms with van der Waals surface area (Å²) in [6.45, 7) is 2.70. The second-order valence-corrected chi connectivity index (χ2v) is 4.39. The van der Waals surface area contributed by atoms with Gasteiger partial charge in [0.2, 0.25) is 5.78 Å². The lowest BCUT2D eigenvalue weighted by atomic mass is 10.2. The molecule has 0 aliphatic heterocycles. The number of halogens is 1. The normalized spacial score (nSPS) is 10.6. The van der Waals surface area contributed by atoms with Gasteiger partial charge in [0.05, 0.1) is 16.7 Å². The summed E-state index contributed by atoms with van der Waals surface area (Å²) in [6.07, 6.45) is 2.40. The molecule has 0 aromatic carbocycles. The quantitative estimate of drug-likeness (QED) is 0.789. The van der Waals surface area contributed by atoms with Gasteiger partial charge in [-0.05, 0) is 6.42 Å². The third kappa shape index (κ3) is 2.01. The summed E-state index contributed by atoms with van der Waals surface area (Å²) < 4.78 is 1.63. The van der Waals surface area contributed by atoms with Crippen molar-refractivity contribution in [3.63, 3.8) is 0 Å². The molecule has 0 atom stereocenters. The Balaban J connectivity index is 2.39. The Morgan fingerprint density at radius 3 is 3.06 bits per heavy atom. The minimum atomic E-state index is -0.169. The molecule has 84 valence electrons. The maximum Gasteiger partial charge on any atom is 0.231 e. The van der Waals surface area contributed by atoms with E-state index in [1.165, 1.54) is 17.5 Å². The van der Waals surface area contributed by atoms with E-state index >= 15 is 0 Å². The fraction of sp³-hybridized carbons (Fsp3) is 0.300. The molecule has 0 fully saturated rings. The molecule has 0 radical (unpaired) electrons. The number of aryl methyl sites for hydroxylation is 1. The van der Waals surface area contributed by atoms with E-state index in [2.05, 4.69) is 10.1 Å². The van der Waals surface area contributed by atoms with Gasteiger partial charge in [0.1, 0.15) is 11.4 Å². The number of hydrogen-bond acceptors (Lipinski definition) is 4. The highest BCUT2D eigenvalue weighted by Crippen LogP contribution is 2.19. The second-order valence-electron chi connectivity index (χ2n) is 3.27. The first-order chi connectivity index (χ1) is 7.74. The molecule has 2 heterocycles. The number of rotatable bonds is 4. The van der Waals surface area contributed by atoms with E-state index in [0.29, 0.717) is 23.0 Å². The van der Waals surface area contributed by atoms with Crippen molar-refractivity contribution in [2.45, 2.75) is 19.9 Å². The van der Waals surface area contributed by atoms with E-state index in [-0.39, 0.29) is 5.78 Å². The number of aromatic nitrogens is 3. The molecule has 0 saturated heterocycles. The van der Waals surface area contributed by atoms with Crippen LogP contribution < -0.4 is 0 Å². The zero-order valence-electron chi connectivity index (χ0n) is 8.68. The van der Waals surface area contributed by atoms with E-state index in [4.69, 9.17) is 11.6 Å². The summed E-state index contributed by atoms with van der Waals surface area (Å²) >= 11 is 7.35. The first-order valence-corrected chi connectivity index (χ1v) is 6.20. The molecule has 0 saturated carbocycles. The maximum atomic E-state index is 12.1. The van der Waals surface area contributed by atoms with Gasteiger partial charge in [0.15, 0.2) is 0 Å². The molecular formula is C10H10ClN3OS. The zero-order valence-corrected chi connectivity index (χ0v) is 10.3. The minimum absolute atomic E-state index is 0.169. The number of carbonyl (C=O) groups excluding carboxylic acids is 1. The lowest BCUT2D eigenvalue weighted by Gasteiger charge is -2.03. The molecule has 4 nitrogen and oxygen atoms in total. The molecule has 0 unspecified atom stereocenters. The van der Waals surface area contributed by atoms with E-state index in [1.54, 1.807) is 15.6 Å². The van der Waals surface area contributed by atoms with Crippen molar-refractivity contribution >= 4 is 28.7 Å². The van der Waals surface area contributed by atoms with E-state index < -0.39 is 0 Å². The van der Waals surface area contributed by atoms with Crippen LogP contribution in [0.25, 0.3) is 0 Å². The highest BCUT2D eigenvalue weighted by molar-refractivity contribution is 7.07. The number of ketones is 1. The first kappa shape index (κ1) is 11.3. The molecule has 2 aromatic heterocycles. The van der Waals surface area contributed by atoms with E-state index in [1.807, 2.05) is 6.92 Å². The van der Waals surface area contributed by atoms with E-state index in [0.717, 1.165) is 6.42 Å². The summed E-state index contributed by atoms with van der Waals surface area (Å²) in [7, 11) is 0. The minimum Gasteiger partial charge on any atom is -0.285 e. The topological polar surface area (TPSA) is 47.8 Å². The Labute approximate surface area is 102 Å². The Kier molecular flexibility index (Phi) is 3.36. The molecule has 0 spiro atoms. The summed E-state index contributed by atoms with van der Waals surface area (Å²) in [5, 5.41) is 6.17. The Morgan fingerprint density at radius 1 is 1.62 bits per heavy atom. The van der Waals surface area contributed by atoms with Gasteiger partial charge in [-0.3, -0.25) is 9.48 Å². The van der Waals surface area contributed by atoms with Gasteiger partial charge in [-0.15, -0.1) is 11.3 Å². The molecule has 0 amide bonds. The predicted molar refractivity (Wildman–Crippen MR) is 63.1 cm³/mol. The van der Waals surface area contributed by atoms with Crippen LogP contribution in [0, 0.1) is 0 Å². The molecular weight excluding hydrogens is 246 g/mol. The van der Waals surface area contributed by atoms with Crippen molar-refractivity contribution in [1.29, 1.82) is 0 Å². The fourth-order valence-corrected chi connectivity index (χ4v) is 2.17. The highest BCUT2D eigenvalue weighted by Gasteiger charge is 2.20. The molecule has 2 aromatic rings. The van der Waals surface area contributed by atoms with Crippen molar-refractivity contribution < 1.29 is 4.79 Å². The van der Waals surface area contributed by atoms with Crippen LogP contribution in [-0.2, 0) is 6.54 Å². The van der Waals surface area contributed by atoms with Crippen LogP contribution in [0.4, 0.5) is 0 Å². The van der Waals surface area contributed by atoms with Crippen LogP contribution >= 0.6 is 22.9 Å². The fourth-order valence-electron chi connectivity index (χ4n) is 1.42. The van der Waals surface area contributed by atoms with Crippen LogP contribution in [0.5, 0.6) is 0 Å². The third-order valence-electron chi connectivity index (χ3n) is 2.11. The van der Waals surface area contributed by atoms with Crippen LogP contribution in [0.15, 0.2) is 17.1 Å². The van der Waals surface area contributed by atoms with Crippen molar-refractivity contribution in [2.24, 2.45) is 0 Å². The van der Waals surface area contributed by atoms with Gasteiger partial charge < -0.3 is 0 Å². The number of hydrogen-bond donors (Lipinski definition) is 0. The van der Waals surface area contributed by atoms with Crippen LogP contribution in [0.3, 0.4) is 0 Å². The number of carbonyl (C=O) groups is 1. The zero-order chi connectivity index (χ0) is 11.5. The standard InChI is InChI=1S/C10H10ClN3OS/c1-2-3-14-9(7(11)4-13-14)10(15)8-5-16-6-12-8/h4-6H,2-3H2,1H3. The summed E-state index contributed by atoms with van der Waals surface area (Å²) in [6, 6.07) is 0. The van der Waals surface area contributed by atoms with Crippen LogP contribution in [0.1, 0.15) is 29.5 Å². The maximum absolute atomic E-state index is 12.1. The predicted octanol–water partition coefficient (Wildman–Crippen LogP) is 2.63. The SMILES string of the molecule is CCCn1ncc(Cl)c1C(=O)c1cscn1. The summed E-state index contributed by atoms with van der Waals surface area (Å²) in [5.41, 5.74) is 2.47. The summed E-state index contributed by atoms with van der Waals surface area (Å²) in [4.78, 5) is 16.1. The molecule has 0 bridgehead atoms. The third-order valence-corrected chi connectivity index (χ3v) is 2.97. The molecule has 0 N–H and O–H groups in total. The molecule has 0 aliphatic rings. The van der Waals surface area contributed by atoms with Crippen LogP contribution in [0.2, 0.25) is 5.02 Å². The van der Waals surface area contributed by atoms with Crippen molar-refractivity contribution in [2.75, 3.05) is 0 Å². The average molecular weight is 256 g/mol. The Morgan fingerprint density at radius 2 is 2.44 bits per heavy atom. The second kappa shape index (κ2) is 4.76. The molecule has 16 heavy (non-hydrogen) atoms. The van der Waals surface area contributed by atoms with Gasteiger partial charge in [0.25, 0.3) is 0 Å². The lowest BCUT2D eigenvalue weighted by molar-refractivity contribution is 0.102. The Bertz CT molecular complexity index is 492. The summed E-state index contributed by atoms with van der Waals surface area (Å²) in [5.74, 6) is -0.169. The molecule has 2 rings (SSSR count). The smallest absolute Gasteiger partial charge is 0.231 e. The van der Waals surface area contributed by atoms with Gasteiger partial charge in [-0.1, -0.05) is 18.5 Å². The molecule has 6 heteroatoms. The van der Waals surface area contributed by atoms with Gasteiger partial charge in [0, 0.05) is 11.9 Å². The van der Waals surface area contributed by atoms with Crippen molar-refractivity contribution in [3.05, 3.63) is 33.5 Å². The van der Waals surface area contributed by atoms with Crippen molar-refractivity contribution in [1.82, 2.24) is 14.8 Å². The van der Waals surface area contributed by atoms with Crippen LogP contribution in [-0.4, -0.2) is 20.5 Å². The van der Waals surface area contributed by atoms with E-state index in [9.17, 15) is 4.79 Å². The molecule has 0 aliphatic carbocycles. The monoisotopic (exact) mass is 255 g/mol. The van der Waals surface area contributed by atoms with Gasteiger partial charge >= 0.3 is 0 Å². The first-order valence-electron chi connectivity index (χ1n) is 4.88. The van der Waals surface area contributed by atoms with Crippen molar-refractivity contribution in [3.8, 4) is 0 Å². The number of nitrogens with zero attached hydrogens (tertiary/aromatic N) is 3. The lowest BCUT2D eigenvalue weighted by Crippen LogP contribution is -2.12. The Hall–Kier alpha value is -1.20. The van der Waals surface area contributed by atoms with Gasteiger partial charge in [-0.2, -0.15) is 5.10 Å². The average Bonchev–Trinajstić information content (AvgIpc) is 2.88. The number of thiazole rings is 1.